The van der Waals surface area contributed by atoms with Crippen LogP contribution in [0.1, 0.15) is 18.9 Å². The van der Waals surface area contributed by atoms with Crippen LogP contribution in [0.25, 0.3) is 0 Å². The zero-order valence-electron chi connectivity index (χ0n) is 11.2. The van der Waals surface area contributed by atoms with Gasteiger partial charge < -0.3 is 10.6 Å². The van der Waals surface area contributed by atoms with Gasteiger partial charge in [0.05, 0.1) is 5.02 Å². The molecule has 0 aliphatic carbocycles. The van der Waals surface area contributed by atoms with E-state index in [0.29, 0.717) is 10.6 Å². The van der Waals surface area contributed by atoms with Gasteiger partial charge in [-0.1, -0.05) is 18.5 Å². The number of rotatable bonds is 4. The van der Waals surface area contributed by atoms with Gasteiger partial charge in [-0.05, 0) is 19.0 Å². The molecule has 0 spiro atoms. The van der Waals surface area contributed by atoms with E-state index in [-0.39, 0.29) is 5.84 Å². The lowest BCUT2D eigenvalue weighted by Crippen LogP contribution is -2.47. The number of nitrogens with zero attached hydrogens (tertiary/aromatic N) is 3. The van der Waals surface area contributed by atoms with Gasteiger partial charge in [0.1, 0.15) is 11.7 Å². The van der Waals surface area contributed by atoms with Gasteiger partial charge in [0.2, 0.25) is 0 Å². The second kappa shape index (κ2) is 6.21. The Hall–Kier alpha value is -1.33. The molecule has 1 aliphatic rings. The van der Waals surface area contributed by atoms with Crippen molar-refractivity contribution in [2.45, 2.75) is 13.3 Å². The predicted octanol–water partition coefficient (Wildman–Crippen LogP) is 1.55. The zero-order valence-corrected chi connectivity index (χ0v) is 12.0. The minimum Gasteiger partial charge on any atom is -0.384 e. The molecule has 5 nitrogen and oxygen atoms in total. The Labute approximate surface area is 118 Å². The van der Waals surface area contributed by atoms with Crippen LogP contribution < -0.4 is 10.6 Å². The maximum Gasteiger partial charge on any atom is 0.148 e. The van der Waals surface area contributed by atoms with Crippen molar-refractivity contribution < 1.29 is 0 Å². The minimum atomic E-state index is -0.0155. The molecule has 2 heterocycles. The molecule has 0 aromatic carbocycles. The van der Waals surface area contributed by atoms with E-state index in [1.165, 1.54) is 6.42 Å². The normalized spacial score (nSPS) is 16.6. The highest BCUT2D eigenvalue weighted by Crippen LogP contribution is 2.27. The first-order valence-electron chi connectivity index (χ1n) is 6.59. The first-order chi connectivity index (χ1) is 9.13. The third-order valence-electron chi connectivity index (χ3n) is 3.37. The Morgan fingerprint density at radius 2 is 2.11 bits per heavy atom. The number of anilines is 1. The molecule has 104 valence electrons. The third-order valence-corrected chi connectivity index (χ3v) is 3.75. The molecule has 1 aromatic heterocycles. The van der Waals surface area contributed by atoms with Crippen molar-refractivity contribution in [3.63, 3.8) is 0 Å². The highest BCUT2D eigenvalue weighted by Gasteiger charge is 2.20. The number of pyridine rings is 1. The monoisotopic (exact) mass is 281 g/mol. The number of amidine groups is 1. The SMILES string of the molecule is CCCN1CCN(c2nccc(C(=N)N)c2Cl)CC1. The average molecular weight is 282 g/mol. The predicted molar refractivity (Wildman–Crippen MR) is 79.2 cm³/mol. The summed E-state index contributed by atoms with van der Waals surface area (Å²) in [6, 6.07) is 1.68. The van der Waals surface area contributed by atoms with Gasteiger partial charge in [-0.25, -0.2) is 4.98 Å². The van der Waals surface area contributed by atoms with Crippen molar-refractivity contribution in [2.75, 3.05) is 37.6 Å². The lowest BCUT2D eigenvalue weighted by molar-refractivity contribution is 0.258. The molecule has 0 radical (unpaired) electrons. The summed E-state index contributed by atoms with van der Waals surface area (Å²) in [4.78, 5) is 8.95. The molecule has 1 saturated heterocycles. The highest BCUT2D eigenvalue weighted by molar-refractivity contribution is 6.36. The van der Waals surface area contributed by atoms with Crippen molar-refractivity contribution in [3.05, 3.63) is 22.8 Å². The van der Waals surface area contributed by atoms with Crippen molar-refractivity contribution in [1.29, 1.82) is 5.41 Å². The molecule has 0 bridgehead atoms. The zero-order chi connectivity index (χ0) is 13.8. The number of aromatic nitrogens is 1. The van der Waals surface area contributed by atoms with E-state index in [2.05, 4.69) is 21.7 Å². The average Bonchev–Trinajstić information content (AvgIpc) is 2.40. The highest BCUT2D eigenvalue weighted by atomic mass is 35.5. The number of halogens is 1. The van der Waals surface area contributed by atoms with E-state index in [0.717, 1.165) is 38.5 Å². The Bertz CT molecular complexity index is 454. The van der Waals surface area contributed by atoms with E-state index < -0.39 is 0 Å². The first kappa shape index (κ1) is 14.1. The van der Waals surface area contributed by atoms with Gasteiger partial charge in [-0.2, -0.15) is 0 Å². The van der Waals surface area contributed by atoms with Crippen LogP contribution in [0.3, 0.4) is 0 Å². The molecule has 3 N–H and O–H groups in total. The van der Waals surface area contributed by atoms with Crippen LogP contribution in [0.2, 0.25) is 5.02 Å². The maximum absolute atomic E-state index is 7.51. The molecule has 1 aromatic rings. The molecular weight excluding hydrogens is 262 g/mol. The number of nitrogens with two attached hydrogens (primary N) is 1. The Balaban J connectivity index is 2.11. The van der Waals surface area contributed by atoms with Crippen LogP contribution in [-0.2, 0) is 0 Å². The fourth-order valence-electron chi connectivity index (χ4n) is 2.36. The van der Waals surface area contributed by atoms with Crippen LogP contribution in [-0.4, -0.2) is 48.4 Å². The van der Waals surface area contributed by atoms with Gasteiger partial charge in [-0.3, -0.25) is 10.3 Å². The molecule has 6 heteroatoms. The van der Waals surface area contributed by atoms with Gasteiger partial charge in [0, 0.05) is 37.9 Å². The molecule has 0 saturated carbocycles. The minimum absolute atomic E-state index is 0.0155. The fraction of sp³-hybridized carbons (Fsp3) is 0.538. The van der Waals surface area contributed by atoms with Crippen LogP contribution in [0.4, 0.5) is 5.82 Å². The van der Waals surface area contributed by atoms with Gasteiger partial charge in [-0.15, -0.1) is 0 Å². The van der Waals surface area contributed by atoms with E-state index in [1.54, 1.807) is 12.3 Å². The lowest BCUT2D eigenvalue weighted by atomic mass is 10.2. The number of nitrogen functional groups attached to an aromatic ring is 1. The standard InChI is InChI=1S/C13H20ClN5/c1-2-5-18-6-8-19(9-7-18)13-11(14)10(12(15)16)3-4-17-13/h3-4H,2,5-9H2,1H3,(H3,15,16). The summed E-state index contributed by atoms with van der Waals surface area (Å²) < 4.78 is 0. The lowest BCUT2D eigenvalue weighted by Gasteiger charge is -2.35. The summed E-state index contributed by atoms with van der Waals surface area (Å²) in [5.41, 5.74) is 6.08. The first-order valence-corrected chi connectivity index (χ1v) is 6.97. The van der Waals surface area contributed by atoms with Crippen LogP contribution in [0, 0.1) is 5.41 Å². The van der Waals surface area contributed by atoms with Crippen LogP contribution in [0.15, 0.2) is 12.3 Å². The van der Waals surface area contributed by atoms with Gasteiger partial charge >= 0.3 is 0 Å². The molecule has 0 atom stereocenters. The smallest absolute Gasteiger partial charge is 0.148 e. The summed E-state index contributed by atoms with van der Waals surface area (Å²) >= 11 is 6.30. The third kappa shape index (κ3) is 3.16. The quantitative estimate of drug-likeness (QED) is 0.649. The molecule has 2 rings (SSSR count). The Morgan fingerprint density at radius 1 is 1.42 bits per heavy atom. The summed E-state index contributed by atoms with van der Waals surface area (Å²) in [5, 5.41) is 8.00. The van der Waals surface area contributed by atoms with E-state index >= 15 is 0 Å². The molecule has 0 amide bonds. The molecule has 19 heavy (non-hydrogen) atoms. The second-order valence-electron chi connectivity index (χ2n) is 4.74. The van der Waals surface area contributed by atoms with E-state index in [4.69, 9.17) is 22.7 Å². The molecular formula is C13H20ClN5. The Kier molecular flexibility index (Phi) is 4.61. The molecule has 1 aliphatic heterocycles. The van der Waals surface area contributed by atoms with Crippen LogP contribution in [0.5, 0.6) is 0 Å². The largest absolute Gasteiger partial charge is 0.384 e. The van der Waals surface area contributed by atoms with Crippen molar-refractivity contribution in [1.82, 2.24) is 9.88 Å². The molecule has 0 unspecified atom stereocenters. The number of piperazine rings is 1. The van der Waals surface area contributed by atoms with E-state index in [9.17, 15) is 0 Å². The van der Waals surface area contributed by atoms with Gasteiger partial charge in [0.25, 0.3) is 0 Å². The Morgan fingerprint density at radius 3 is 2.68 bits per heavy atom. The van der Waals surface area contributed by atoms with Crippen LogP contribution >= 0.6 is 11.6 Å². The fourth-order valence-corrected chi connectivity index (χ4v) is 2.69. The molecule has 1 fully saturated rings. The van der Waals surface area contributed by atoms with Gasteiger partial charge in [0.15, 0.2) is 0 Å². The number of hydrogen-bond acceptors (Lipinski definition) is 4. The summed E-state index contributed by atoms with van der Waals surface area (Å²) in [7, 11) is 0. The van der Waals surface area contributed by atoms with Crippen molar-refractivity contribution in [2.24, 2.45) is 5.73 Å². The summed E-state index contributed by atoms with van der Waals surface area (Å²) in [6.45, 7) is 7.21. The maximum atomic E-state index is 7.51. The van der Waals surface area contributed by atoms with Crippen molar-refractivity contribution in [3.8, 4) is 0 Å². The summed E-state index contributed by atoms with van der Waals surface area (Å²) in [5.74, 6) is 0.726. The van der Waals surface area contributed by atoms with Crippen molar-refractivity contribution >= 4 is 23.3 Å². The second-order valence-corrected chi connectivity index (χ2v) is 5.12. The summed E-state index contributed by atoms with van der Waals surface area (Å²) in [6.07, 6.45) is 2.84. The van der Waals surface area contributed by atoms with E-state index in [1.807, 2.05) is 0 Å². The topological polar surface area (TPSA) is 69.2 Å². The number of nitrogens with one attached hydrogen (secondary N) is 1. The number of hydrogen-bond donors (Lipinski definition) is 2.